The van der Waals surface area contributed by atoms with Crippen molar-refractivity contribution in [1.29, 1.82) is 5.41 Å². The molecule has 1 fully saturated rings. The lowest BCUT2D eigenvalue weighted by Crippen LogP contribution is -2.35. The van der Waals surface area contributed by atoms with Crippen LogP contribution in [0.25, 0.3) is 0 Å². The molecule has 1 heterocycles. The number of rotatable bonds is 6. The van der Waals surface area contributed by atoms with Gasteiger partial charge in [-0.3, -0.25) is 15.3 Å². The number of likely N-dealkylation sites (tertiary alicyclic amines) is 1. The van der Waals surface area contributed by atoms with Crippen molar-refractivity contribution >= 4 is 11.4 Å². The van der Waals surface area contributed by atoms with Crippen LogP contribution in [0.5, 0.6) is 0 Å². The maximum Gasteiger partial charge on any atom is 0.0957 e. The minimum absolute atomic E-state index is 0.143. The second-order valence-electron chi connectivity index (χ2n) is 6.61. The monoisotopic (exact) mass is 347 g/mol. The normalized spacial score (nSPS) is 16.4. The number of aliphatic hydroxyl groups excluding tert-OH is 1. The highest BCUT2D eigenvalue weighted by Crippen LogP contribution is 2.16. The summed E-state index contributed by atoms with van der Waals surface area (Å²) in [5.74, 6) is 0. The van der Waals surface area contributed by atoms with Gasteiger partial charge in [0, 0.05) is 37.0 Å². The van der Waals surface area contributed by atoms with Crippen LogP contribution in [0.4, 0.5) is 0 Å². The lowest BCUT2D eigenvalue weighted by atomic mass is 9.98. The number of aliphatic hydroxyl groups is 1. The largest absolute Gasteiger partial charge is 0.393 e. The summed E-state index contributed by atoms with van der Waals surface area (Å²) in [5, 5.41) is 18.1. The van der Waals surface area contributed by atoms with Crippen molar-refractivity contribution in [3.8, 4) is 0 Å². The number of benzene rings is 2. The van der Waals surface area contributed by atoms with Gasteiger partial charge >= 0.3 is 0 Å². The number of aliphatic imine (C=N–C) groups is 1. The molecule has 26 heavy (non-hydrogen) atoms. The van der Waals surface area contributed by atoms with Crippen molar-refractivity contribution in [1.82, 2.24) is 4.90 Å². The maximum absolute atomic E-state index is 9.62. The van der Waals surface area contributed by atoms with Crippen LogP contribution in [-0.4, -0.2) is 40.6 Å². The standard InChI is InChI=1S/C22H25N3O/c1-2-24-22(21(23)18-6-4-3-5-7-18)19-10-8-17(9-11-19)16-25-14-12-20(26)13-15-25/h2-11,20,23,26H,1,12-16H2/b23-21?,24-22-. The zero-order chi connectivity index (χ0) is 18.4. The molecule has 4 nitrogen and oxygen atoms in total. The van der Waals surface area contributed by atoms with Gasteiger partial charge in [-0.25, -0.2) is 0 Å². The third-order valence-electron chi connectivity index (χ3n) is 4.71. The van der Waals surface area contributed by atoms with Crippen molar-refractivity contribution in [3.63, 3.8) is 0 Å². The van der Waals surface area contributed by atoms with Crippen molar-refractivity contribution < 1.29 is 5.11 Å². The minimum Gasteiger partial charge on any atom is -0.393 e. The highest BCUT2D eigenvalue weighted by Gasteiger charge is 2.17. The van der Waals surface area contributed by atoms with Crippen molar-refractivity contribution in [2.45, 2.75) is 25.5 Å². The van der Waals surface area contributed by atoms with Crippen LogP contribution in [-0.2, 0) is 6.54 Å². The van der Waals surface area contributed by atoms with Crippen LogP contribution >= 0.6 is 0 Å². The highest BCUT2D eigenvalue weighted by molar-refractivity contribution is 6.52. The van der Waals surface area contributed by atoms with Gasteiger partial charge in [0.15, 0.2) is 0 Å². The van der Waals surface area contributed by atoms with E-state index in [9.17, 15) is 5.11 Å². The molecular weight excluding hydrogens is 322 g/mol. The molecule has 0 amide bonds. The van der Waals surface area contributed by atoms with Crippen molar-refractivity contribution in [2.24, 2.45) is 4.99 Å². The predicted octanol–water partition coefficient (Wildman–Crippen LogP) is 3.64. The first-order chi connectivity index (χ1) is 12.7. The molecule has 1 saturated heterocycles. The Kier molecular flexibility index (Phi) is 6.10. The molecule has 1 aliphatic heterocycles. The molecule has 0 atom stereocenters. The molecule has 4 heteroatoms. The fourth-order valence-corrected chi connectivity index (χ4v) is 3.22. The summed E-state index contributed by atoms with van der Waals surface area (Å²) < 4.78 is 0. The summed E-state index contributed by atoms with van der Waals surface area (Å²) >= 11 is 0. The van der Waals surface area contributed by atoms with E-state index in [0.29, 0.717) is 11.4 Å². The van der Waals surface area contributed by atoms with Crippen LogP contribution < -0.4 is 0 Å². The minimum atomic E-state index is -0.143. The van der Waals surface area contributed by atoms with Crippen molar-refractivity contribution in [3.05, 3.63) is 84.1 Å². The topological polar surface area (TPSA) is 59.7 Å². The first-order valence-corrected chi connectivity index (χ1v) is 9.00. The average molecular weight is 347 g/mol. The second-order valence-corrected chi connectivity index (χ2v) is 6.61. The van der Waals surface area contributed by atoms with Gasteiger partial charge in [0.05, 0.1) is 17.5 Å². The van der Waals surface area contributed by atoms with Crippen molar-refractivity contribution in [2.75, 3.05) is 13.1 Å². The Bertz CT molecular complexity index is 773. The summed E-state index contributed by atoms with van der Waals surface area (Å²) in [5.41, 5.74) is 4.00. The van der Waals surface area contributed by atoms with Gasteiger partial charge < -0.3 is 5.11 Å². The Morgan fingerprint density at radius 1 is 1.08 bits per heavy atom. The third kappa shape index (κ3) is 4.54. The van der Waals surface area contributed by atoms with Gasteiger partial charge in [-0.2, -0.15) is 0 Å². The highest BCUT2D eigenvalue weighted by atomic mass is 16.3. The quantitative estimate of drug-likeness (QED) is 0.784. The molecule has 0 spiro atoms. The van der Waals surface area contributed by atoms with E-state index in [1.54, 1.807) is 0 Å². The average Bonchev–Trinajstić information content (AvgIpc) is 2.69. The first kappa shape index (κ1) is 18.2. The van der Waals surface area contributed by atoms with E-state index in [4.69, 9.17) is 5.41 Å². The van der Waals surface area contributed by atoms with Crippen LogP contribution in [0.1, 0.15) is 29.5 Å². The Hall–Kier alpha value is -2.56. The van der Waals surface area contributed by atoms with E-state index in [2.05, 4.69) is 28.6 Å². The second kappa shape index (κ2) is 8.70. The van der Waals surface area contributed by atoms with E-state index in [1.807, 2.05) is 42.5 Å². The summed E-state index contributed by atoms with van der Waals surface area (Å²) in [6.07, 6.45) is 3.04. The van der Waals surface area contributed by atoms with Crippen LogP contribution in [0.15, 0.2) is 72.4 Å². The number of nitrogens with one attached hydrogen (secondary N) is 1. The molecule has 0 saturated carbocycles. The van der Waals surface area contributed by atoms with Crippen LogP contribution in [0.3, 0.4) is 0 Å². The molecule has 1 aliphatic rings. The number of hydrogen-bond acceptors (Lipinski definition) is 4. The van der Waals surface area contributed by atoms with E-state index in [-0.39, 0.29) is 6.10 Å². The molecule has 0 aromatic heterocycles. The lowest BCUT2D eigenvalue weighted by molar-refractivity contribution is 0.0792. The lowest BCUT2D eigenvalue weighted by Gasteiger charge is -2.29. The van der Waals surface area contributed by atoms with Crippen LogP contribution in [0.2, 0.25) is 0 Å². The summed E-state index contributed by atoms with van der Waals surface area (Å²) in [7, 11) is 0. The zero-order valence-corrected chi connectivity index (χ0v) is 14.9. The van der Waals surface area contributed by atoms with Gasteiger partial charge in [0.1, 0.15) is 0 Å². The Labute approximate surface area is 155 Å². The molecule has 134 valence electrons. The SMILES string of the molecule is C=C/N=C(\C(=N)c1ccccc1)c1ccc(CN2CCC(O)CC2)cc1. The van der Waals surface area contributed by atoms with E-state index >= 15 is 0 Å². The maximum atomic E-state index is 9.62. The molecule has 0 bridgehead atoms. The van der Waals surface area contributed by atoms with E-state index < -0.39 is 0 Å². The van der Waals surface area contributed by atoms with E-state index in [0.717, 1.165) is 43.6 Å². The summed E-state index contributed by atoms with van der Waals surface area (Å²) in [4.78, 5) is 6.71. The molecular formula is C22H25N3O. The molecule has 2 N–H and O–H groups in total. The fraction of sp³-hybridized carbons (Fsp3) is 0.273. The predicted molar refractivity (Wildman–Crippen MR) is 107 cm³/mol. The Balaban J connectivity index is 1.74. The van der Waals surface area contributed by atoms with Gasteiger partial charge in [-0.05, 0) is 18.4 Å². The zero-order valence-electron chi connectivity index (χ0n) is 14.9. The fourth-order valence-electron chi connectivity index (χ4n) is 3.22. The van der Waals surface area contributed by atoms with Crippen LogP contribution in [0, 0.1) is 5.41 Å². The first-order valence-electron chi connectivity index (χ1n) is 9.00. The van der Waals surface area contributed by atoms with Gasteiger partial charge in [-0.15, -0.1) is 0 Å². The Morgan fingerprint density at radius 2 is 1.73 bits per heavy atom. The number of nitrogens with zero attached hydrogens (tertiary/aromatic N) is 2. The molecule has 0 aliphatic carbocycles. The van der Waals surface area contributed by atoms with Gasteiger partial charge in [-0.1, -0.05) is 61.2 Å². The van der Waals surface area contributed by atoms with Gasteiger partial charge in [0.25, 0.3) is 0 Å². The molecule has 2 aromatic carbocycles. The molecule has 0 radical (unpaired) electrons. The summed E-state index contributed by atoms with van der Waals surface area (Å²) in [6.45, 7) is 6.45. The van der Waals surface area contributed by atoms with E-state index in [1.165, 1.54) is 11.8 Å². The van der Waals surface area contributed by atoms with Gasteiger partial charge in [0.2, 0.25) is 0 Å². The third-order valence-corrected chi connectivity index (χ3v) is 4.71. The molecule has 3 rings (SSSR count). The number of hydrogen-bond donors (Lipinski definition) is 2. The number of piperidine rings is 1. The summed E-state index contributed by atoms with van der Waals surface area (Å²) in [6, 6.07) is 17.9. The Morgan fingerprint density at radius 3 is 2.35 bits per heavy atom. The smallest absolute Gasteiger partial charge is 0.0957 e. The molecule has 0 unspecified atom stereocenters. The molecule has 2 aromatic rings.